The maximum absolute atomic E-state index is 6.14. The van der Waals surface area contributed by atoms with E-state index >= 15 is 0 Å². The molecule has 1 unspecified atom stereocenters. The van der Waals surface area contributed by atoms with Gasteiger partial charge in [0.25, 0.3) is 0 Å². The number of nitrogens with two attached hydrogens (primary N) is 1. The minimum Gasteiger partial charge on any atom is -0.324 e. The standard InChI is InChI=1S/C13H21N.ClH/c1-10(2)8-9-13(14)12-7-5-4-6-11(12)3;/h4-7,10,13H,8-9,14H2,1-3H3;1H. The molecule has 0 amide bonds. The maximum Gasteiger partial charge on any atom is 0.0297 e. The van der Waals surface area contributed by atoms with Gasteiger partial charge in [0.15, 0.2) is 0 Å². The summed E-state index contributed by atoms with van der Waals surface area (Å²) in [5, 5.41) is 0. The molecule has 0 spiro atoms. The van der Waals surface area contributed by atoms with Crippen molar-refractivity contribution < 1.29 is 0 Å². The van der Waals surface area contributed by atoms with Gasteiger partial charge in [0.2, 0.25) is 0 Å². The highest BCUT2D eigenvalue weighted by Crippen LogP contribution is 2.21. The van der Waals surface area contributed by atoms with Crippen molar-refractivity contribution in [3.63, 3.8) is 0 Å². The molecule has 0 aliphatic rings. The Labute approximate surface area is 99.5 Å². The molecule has 0 radical (unpaired) electrons. The molecule has 0 heterocycles. The summed E-state index contributed by atoms with van der Waals surface area (Å²) in [7, 11) is 0. The average Bonchev–Trinajstić information content (AvgIpc) is 2.15. The predicted molar refractivity (Wildman–Crippen MR) is 69.4 cm³/mol. The second-order valence-corrected chi connectivity index (χ2v) is 4.43. The number of benzene rings is 1. The van der Waals surface area contributed by atoms with Crippen molar-refractivity contribution in [3.8, 4) is 0 Å². The topological polar surface area (TPSA) is 26.0 Å². The van der Waals surface area contributed by atoms with Crippen LogP contribution in [0, 0.1) is 12.8 Å². The van der Waals surface area contributed by atoms with Crippen LogP contribution in [0.15, 0.2) is 24.3 Å². The van der Waals surface area contributed by atoms with Gasteiger partial charge in [0.1, 0.15) is 0 Å². The van der Waals surface area contributed by atoms with E-state index in [9.17, 15) is 0 Å². The van der Waals surface area contributed by atoms with Crippen molar-refractivity contribution >= 4 is 12.4 Å². The summed E-state index contributed by atoms with van der Waals surface area (Å²) in [4.78, 5) is 0. The fourth-order valence-electron chi connectivity index (χ4n) is 1.67. The van der Waals surface area contributed by atoms with Gasteiger partial charge in [-0.25, -0.2) is 0 Å². The highest BCUT2D eigenvalue weighted by atomic mass is 35.5. The summed E-state index contributed by atoms with van der Waals surface area (Å²) < 4.78 is 0. The molecule has 1 rings (SSSR count). The van der Waals surface area contributed by atoms with Crippen LogP contribution in [0.2, 0.25) is 0 Å². The third kappa shape index (κ3) is 4.67. The van der Waals surface area contributed by atoms with Crippen molar-refractivity contribution in [3.05, 3.63) is 35.4 Å². The van der Waals surface area contributed by atoms with Crippen molar-refractivity contribution in [2.24, 2.45) is 11.7 Å². The summed E-state index contributed by atoms with van der Waals surface area (Å²) in [6, 6.07) is 8.61. The van der Waals surface area contributed by atoms with Crippen LogP contribution in [-0.2, 0) is 0 Å². The van der Waals surface area contributed by atoms with Gasteiger partial charge in [-0.05, 0) is 36.8 Å². The Kier molecular flexibility index (Phi) is 6.62. The molecule has 15 heavy (non-hydrogen) atoms. The summed E-state index contributed by atoms with van der Waals surface area (Å²) >= 11 is 0. The van der Waals surface area contributed by atoms with Crippen LogP contribution >= 0.6 is 12.4 Å². The fourth-order valence-corrected chi connectivity index (χ4v) is 1.67. The molecule has 0 aliphatic heterocycles. The van der Waals surface area contributed by atoms with E-state index in [1.807, 2.05) is 0 Å². The number of rotatable bonds is 4. The summed E-state index contributed by atoms with van der Waals surface area (Å²) in [5.74, 6) is 0.741. The average molecular weight is 228 g/mol. The predicted octanol–water partition coefficient (Wildman–Crippen LogP) is 3.85. The van der Waals surface area contributed by atoms with Crippen LogP contribution in [0.4, 0.5) is 0 Å². The van der Waals surface area contributed by atoms with Gasteiger partial charge in [-0.3, -0.25) is 0 Å². The Balaban J connectivity index is 0.00000196. The number of aryl methyl sites for hydroxylation is 1. The Morgan fingerprint density at radius 2 is 1.73 bits per heavy atom. The van der Waals surface area contributed by atoms with E-state index in [1.54, 1.807) is 0 Å². The van der Waals surface area contributed by atoms with Crippen molar-refractivity contribution in [2.45, 2.75) is 39.7 Å². The third-order valence-electron chi connectivity index (χ3n) is 2.64. The van der Waals surface area contributed by atoms with Crippen LogP contribution in [0.1, 0.15) is 43.9 Å². The molecule has 1 nitrogen and oxygen atoms in total. The van der Waals surface area contributed by atoms with Crippen molar-refractivity contribution in [2.75, 3.05) is 0 Å². The van der Waals surface area contributed by atoms with Gasteiger partial charge < -0.3 is 5.73 Å². The first-order valence-corrected chi connectivity index (χ1v) is 5.42. The second kappa shape index (κ2) is 6.86. The fraction of sp³-hybridized carbons (Fsp3) is 0.538. The minimum atomic E-state index is 0. The Morgan fingerprint density at radius 1 is 1.13 bits per heavy atom. The monoisotopic (exact) mass is 227 g/mol. The number of halogens is 1. The highest BCUT2D eigenvalue weighted by Gasteiger charge is 2.08. The molecule has 0 saturated carbocycles. The zero-order valence-corrected chi connectivity index (χ0v) is 10.7. The molecule has 0 bridgehead atoms. The lowest BCUT2D eigenvalue weighted by molar-refractivity contribution is 0.506. The van der Waals surface area contributed by atoms with E-state index in [0.717, 1.165) is 12.3 Å². The van der Waals surface area contributed by atoms with Crippen LogP contribution in [0.3, 0.4) is 0 Å². The number of hydrogen-bond donors (Lipinski definition) is 1. The second-order valence-electron chi connectivity index (χ2n) is 4.43. The molecule has 1 aromatic carbocycles. The zero-order chi connectivity index (χ0) is 10.6. The van der Waals surface area contributed by atoms with E-state index in [0.29, 0.717) is 0 Å². The SMILES string of the molecule is Cc1ccccc1C(N)CCC(C)C.Cl. The van der Waals surface area contributed by atoms with Crippen LogP contribution in [0.25, 0.3) is 0 Å². The molecule has 2 N–H and O–H groups in total. The molecule has 1 atom stereocenters. The molecule has 86 valence electrons. The maximum atomic E-state index is 6.14. The highest BCUT2D eigenvalue weighted by molar-refractivity contribution is 5.85. The molecule has 0 fully saturated rings. The quantitative estimate of drug-likeness (QED) is 0.831. The van der Waals surface area contributed by atoms with Gasteiger partial charge in [-0.15, -0.1) is 12.4 Å². The first kappa shape index (κ1) is 14.5. The zero-order valence-electron chi connectivity index (χ0n) is 9.86. The van der Waals surface area contributed by atoms with Gasteiger partial charge in [-0.1, -0.05) is 38.1 Å². The van der Waals surface area contributed by atoms with Crippen molar-refractivity contribution in [1.82, 2.24) is 0 Å². The largest absolute Gasteiger partial charge is 0.324 e. The smallest absolute Gasteiger partial charge is 0.0297 e. The van der Waals surface area contributed by atoms with E-state index < -0.39 is 0 Å². The van der Waals surface area contributed by atoms with Gasteiger partial charge in [0.05, 0.1) is 0 Å². The normalized spacial score (nSPS) is 12.3. The van der Waals surface area contributed by atoms with Crippen molar-refractivity contribution in [1.29, 1.82) is 0 Å². The summed E-state index contributed by atoms with van der Waals surface area (Å²) in [6.45, 7) is 6.61. The van der Waals surface area contributed by atoms with Crippen LogP contribution in [-0.4, -0.2) is 0 Å². The Morgan fingerprint density at radius 3 is 2.27 bits per heavy atom. The molecule has 0 aliphatic carbocycles. The molecule has 2 heteroatoms. The summed E-state index contributed by atoms with van der Waals surface area (Å²) in [6.07, 6.45) is 2.29. The lowest BCUT2D eigenvalue weighted by Gasteiger charge is -2.15. The van der Waals surface area contributed by atoms with E-state index in [4.69, 9.17) is 5.73 Å². The van der Waals surface area contributed by atoms with E-state index in [-0.39, 0.29) is 18.4 Å². The minimum absolute atomic E-state index is 0. The summed E-state index contributed by atoms with van der Waals surface area (Å²) in [5.41, 5.74) is 8.75. The third-order valence-corrected chi connectivity index (χ3v) is 2.64. The van der Waals surface area contributed by atoms with Crippen LogP contribution < -0.4 is 5.73 Å². The van der Waals surface area contributed by atoms with Crippen LogP contribution in [0.5, 0.6) is 0 Å². The molecular formula is C13H22ClN. The van der Waals surface area contributed by atoms with Gasteiger partial charge in [-0.2, -0.15) is 0 Å². The molecular weight excluding hydrogens is 206 g/mol. The van der Waals surface area contributed by atoms with E-state index in [2.05, 4.69) is 45.0 Å². The van der Waals surface area contributed by atoms with Gasteiger partial charge in [0, 0.05) is 6.04 Å². The van der Waals surface area contributed by atoms with E-state index in [1.165, 1.54) is 17.5 Å². The molecule has 1 aromatic rings. The lowest BCUT2D eigenvalue weighted by atomic mass is 9.95. The Hall–Kier alpha value is -0.530. The first-order valence-electron chi connectivity index (χ1n) is 5.42. The number of hydrogen-bond acceptors (Lipinski definition) is 1. The Bertz CT molecular complexity index is 284. The van der Waals surface area contributed by atoms with Gasteiger partial charge >= 0.3 is 0 Å². The first-order chi connectivity index (χ1) is 6.61. The molecule has 0 saturated heterocycles. The lowest BCUT2D eigenvalue weighted by Crippen LogP contribution is -2.12. The molecule has 0 aromatic heterocycles.